The maximum absolute atomic E-state index is 11.0. The van der Waals surface area contributed by atoms with Crippen LogP contribution >= 0.6 is 15.9 Å². The zero-order valence-corrected chi connectivity index (χ0v) is 16.8. The fourth-order valence-electron chi connectivity index (χ4n) is 3.44. The van der Waals surface area contributed by atoms with Crippen molar-refractivity contribution in [1.29, 1.82) is 0 Å². The molecule has 0 bridgehead atoms. The summed E-state index contributed by atoms with van der Waals surface area (Å²) in [4.78, 5) is 21.6. The summed E-state index contributed by atoms with van der Waals surface area (Å²) in [5.74, 6) is 1.89. The van der Waals surface area contributed by atoms with Crippen LogP contribution in [0.2, 0.25) is 0 Å². The van der Waals surface area contributed by atoms with Crippen LogP contribution in [0.1, 0.15) is 41.7 Å². The first kappa shape index (κ1) is 18.5. The minimum atomic E-state index is -0.417. The maximum Gasteiger partial charge on any atom is 0.290 e. The quantitative estimate of drug-likeness (QED) is 0.426. The summed E-state index contributed by atoms with van der Waals surface area (Å²) >= 11 is 3.43. The predicted octanol–water partition coefficient (Wildman–Crippen LogP) is 4.38. The molecule has 8 nitrogen and oxygen atoms in total. The lowest BCUT2D eigenvalue weighted by Gasteiger charge is -2.23. The van der Waals surface area contributed by atoms with E-state index in [2.05, 4.69) is 36.0 Å². The third kappa shape index (κ3) is 3.75. The molecular weight excluding hydrogens is 426 g/mol. The van der Waals surface area contributed by atoms with E-state index in [9.17, 15) is 10.1 Å². The topological polar surface area (TPSA) is 98.2 Å². The summed E-state index contributed by atoms with van der Waals surface area (Å²) < 4.78 is 6.57. The third-order valence-electron chi connectivity index (χ3n) is 4.86. The van der Waals surface area contributed by atoms with Crippen molar-refractivity contribution in [3.63, 3.8) is 0 Å². The first-order valence-electron chi connectivity index (χ1n) is 8.96. The molecule has 1 atom stereocenters. The van der Waals surface area contributed by atoms with E-state index in [1.54, 1.807) is 13.0 Å². The zero-order chi connectivity index (χ0) is 19.7. The van der Waals surface area contributed by atoms with Crippen molar-refractivity contribution >= 4 is 27.4 Å². The first-order chi connectivity index (χ1) is 13.5. The highest BCUT2D eigenvalue weighted by Gasteiger charge is 2.32. The molecule has 1 aromatic carbocycles. The minimum Gasteiger partial charge on any atom is -0.345 e. The van der Waals surface area contributed by atoms with Gasteiger partial charge in [-0.1, -0.05) is 33.2 Å². The monoisotopic (exact) mass is 443 g/mol. The van der Waals surface area contributed by atoms with Gasteiger partial charge in [-0.2, -0.15) is 4.98 Å². The molecule has 1 aliphatic heterocycles. The van der Waals surface area contributed by atoms with Crippen molar-refractivity contribution in [2.75, 3.05) is 11.4 Å². The summed E-state index contributed by atoms with van der Waals surface area (Å²) in [7, 11) is 0. The number of aromatic nitrogens is 3. The van der Waals surface area contributed by atoms with Crippen molar-refractivity contribution in [2.24, 2.45) is 0 Å². The van der Waals surface area contributed by atoms with Gasteiger partial charge in [0.05, 0.1) is 4.92 Å². The average molecular weight is 444 g/mol. The molecule has 1 unspecified atom stereocenters. The van der Waals surface area contributed by atoms with E-state index in [0.29, 0.717) is 29.5 Å². The van der Waals surface area contributed by atoms with Crippen molar-refractivity contribution in [1.82, 2.24) is 15.1 Å². The fraction of sp³-hybridized carbons (Fsp3) is 0.316. The number of halogens is 1. The molecule has 4 rings (SSSR count). The Morgan fingerprint density at radius 1 is 1.36 bits per heavy atom. The van der Waals surface area contributed by atoms with Gasteiger partial charge in [-0.25, -0.2) is 4.98 Å². The Morgan fingerprint density at radius 2 is 2.14 bits per heavy atom. The average Bonchev–Trinajstić information content (AvgIpc) is 3.32. The summed E-state index contributed by atoms with van der Waals surface area (Å²) in [6, 6.07) is 9.68. The second-order valence-electron chi connectivity index (χ2n) is 6.79. The van der Waals surface area contributed by atoms with Crippen LogP contribution in [0.15, 0.2) is 45.5 Å². The van der Waals surface area contributed by atoms with Gasteiger partial charge in [0.2, 0.25) is 5.89 Å². The number of hydrogen-bond acceptors (Lipinski definition) is 7. The van der Waals surface area contributed by atoms with Gasteiger partial charge in [0.15, 0.2) is 5.82 Å². The van der Waals surface area contributed by atoms with Crippen molar-refractivity contribution in [2.45, 2.75) is 32.2 Å². The highest BCUT2D eigenvalue weighted by Crippen LogP contribution is 2.35. The fourth-order valence-corrected chi connectivity index (χ4v) is 3.70. The molecule has 144 valence electrons. The Balaban J connectivity index is 1.54. The van der Waals surface area contributed by atoms with E-state index >= 15 is 0 Å². The normalized spacial score (nSPS) is 16.5. The molecule has 28 heavy (non-hydrogen) atoms. The largest absolute Gasteiger partial charge is 0.345 e. The molecule has 9 heteroatoms. The molecule has 2 aromatic heterocycles. The van der Waals surface area contributed by atoms with Crippen LogP contribution < -0.4 is 4.90 Å². The highest BCUT2D eigenvalue weighted by molar-refractivity contribution is 9.10. The smallest absolute Gasteiger partial charge is 0.290 e. The van der Waals surface area contributed by atoms with Gasteiger partial charge in [-0.05, 0) is 43.5 Å². The predicted molar refractivity (Wildman–Crippen MR) is 106 cm³/mol. The van der Waals surface area contributed by atoms with Crippen LogP contribution in [0.25, 0.3) is 0 Å². The van der Waals surface area contributed by atoms with E-state index < -0.39 is 4.92 Å². The number of rotatable bonds is 5. The Kier molecular flexibility index (Phi) is 5.08. The van der Waals surface area contributed by atoms with Gasteiger partial charge in [0, 0.05) is 23.0 Å². The second kappa shape index (κ2) is 7.67. The van der Waals surface area contributed by atoms with Gasteiger partial charge >= 0.3 is 0 Å². The molecule has 1 fully saturated rings. The highest BCUT2D eigenvalue weighted by atomic mass is 79.9. The van der Waals surface area contributed by atoms with Gasteiger partial charge < -0.3 is 9.42 Å². The summed E-state index contributed by atoms with van der Waals surface area (Å²) in [6.45, 7) is 2.51. The van der Waals surface area contributed by atoms with Crippen molar-refractivity contribution in [3.8, 4) is 0 Å². The van der Waals surface area contributed by atoms with Crippen LogP contribution in [0.4, 0.5) is 11.5 Å². The van der Waals surface area contributed by atoms with Crippen LogP contribution in [0, 0.1) is 17.0 Å². The summed E-state index contributed by atoms with van der Waals surface area (Å²) in [6.07, 6.45) is 3.75. The lowest BCUT2D eigenvalue weighted by Crippen LogP contribution is -2.24. The Morgan fingerprint density at radius 3 is 2.86 bits per heavy atom. The van der Waals surface area contributed by atoms with Gasteiger partial charge in [-0.3, -0.25) is 10.1 Å². The summed E-state index contributed by atoms with van der Waals surface area (Å²) in [5, 5.41) is 15.2. The van der Waals surface area contributed by atoms with Gasteiger partial charge in [0.1, 0.15) is 18.1 Å². The second-order valence-corrected chi connectivity index (χ2v) is 7.71. The Labute approximate surface area is 169 Å². The van der Waals surface area contributed by atoms with E-state index in [0.717, 1.165) is 29.4 Å². The maximum atomic E-state index is 11.0. The van der Waals surface area contributed by atoms with Crippen LogP contribution in [-0.4, -0.2) is 26.6 Å². The van der Waals surface area contributed by atoms with Gasteiger partial charge in [0.25, 0.3) is 5.69 Å². The number of nitrogens with zero attached hydrogens (tertiary/aromatic N) is 5. The van der Waals surface area contributed by atoms with E-state index in [1.165, 1.54) is 6.20 Å². The molecule has 0 spiro atoms. The number of nitro groups is 1. The molecule has 0 amide bonds. The molecule has 3 aromatic rings. The Hall–Kier alpha value is -2.81. The molecule has 1 saturated heterocycles. The van der Waals surface area contributed by atoms with Gasteiger partial charge in [-0.15, -0.1) is 0 Å². The van der Waals surface area contributed by atoms with Crippen LogP contribution in [0.5, 0.6) is 0 Å². The van der Waals surface area contributed by atoms with Crippen LogP contribution in [0.3, 0.4) is 0 Å². The van der Waals surface area contributed by atoms with Crippen LogP contribution in [-0.2, 0) is 6.42 Å². The minimum absolute atomic E-state index is 0.0223. The molecule has 0 saturated carbocycles. The van der Waals surface area contributed by atoms with Crippen molar-refractivity contribution in [3.05, 3.63) is 74.0 Å². The lowest BCUT2D eigenvalue weighted by molar-refractivity contribution is -0.385. The molecule has 0 N–H and O–H groups in total. The van der Waals surface area contributed by atoms with E-state index in [4.69, 9.17) is 4.52 Å². The number of anilines is 1. The van der Waals surface area contributed by atoms with Crippen molar-refractivity contribution < 1.29 is 9.45 Å². The number of hydrogen-bond donors (Lipinski definition) is 0. The standard InChI is InChI=1S/C19H18BrN5O3/c1-12-9-18(21-11-16(12)25(26)27)24-8-2-3-15(24)19-22-17(23-28-19)10-13-4-6-14(20)7-5-13/h4-7,9,11,15H,2-3,8,10H2,1H3. The number of benzene rings is 1. The first-order valence-corrected chi connectivity index (χ1v) is 9.75. The van der Waals surface area contributed by atoms with E-state index in [-0.39, 0.29) is 11.7 Å². The molecule has 0 aliphatic carbocycles. The lowest BCUT2D eigenvalue weighted by atomic mass is 10.1. The summed E-state index contributed by atoms with van der Waals surface area (Å²) in [5.41, 5.74) is 1.71. The Bertz CT molecular complexity index is 1010. The molecule has 1 aliphatic rings. The SMILES string of the molecule is Cc1cc(N2CCCC2c2nc(Cc3ccc(Br)cc3)no2)ncc1[N+](=O)[O-]. The molecular formula is C19H18BrN5O3. The van der Waals surface area contributed by atoms with E-state index in [1.807, 2.05) is 24.3 Å². The molecule has 0 radical (unpaired) electrons. The third-order valence-corrected chi connectivity index (χ3v) is 5.39. The zero-order valence-electron chi connectivity index (χ0n) is 15.2. The molecule has 3 heterocycles. The number of aryl methyl sites for hydroxylation is 1. The number of pyridine rings is 1.